The minimum atomic E-state index is -0.136. The number of piperidine rings is 1. The van der Waals surface area contributed by atoms with Gasteiger partial charge in [0, 0.05) is 13.1 Å². The maximum absolute atomic E-state index is 12.1. The van der Waals surface area contributed by atoms with Gasteiger partial charge in [-0.15, -0.1) is 21.5 Å². The molecule has 0 atom stereocenters. The van der Waals surface area contributed by atoms with Crippen molar-refractivity contribution in [3.05, 3.63) is 35.8 Å². The third-order valence-electron chi connectivity index (χ3n) is 4.18. The molecular formula is C18H19N5O2S2. The SMILES string of the molecule is O=C(CSc1nnc(-c2cccs2)o1)Nc1ccc(N2CCCCC2)nc1. The van der Waals surface area contributed by atoms with E-state index >= 15 is 0 Å². The number of thioether (sulfide) groups is 1. The van der Waals surface area contributed by atoms with Gasteiger partial charge < -0.3 is 14.6 Å². The highest BCUT2D eigenvalue weighted by Gasteiger charge is 2.14. The molecule has 0 bridgehead atoms. The molecule has 1 aliphatic rings. The highest BCUT2D eigenvalue weighted by molar-refractivity contribution is 7.99. The number of nitrogens with zero attached hydrogens (tertiary/aromatic N) is 4. The Balaban J connectivity index is 1.28. The Morgan fingerprint density at radius 1 is 1.22 bits per heavy atom. The Bertz CT molecular complexity index is 874. The normalized spacial score (nSPS) is 14.3. The van der Waals surface area contributed by atoms with Crippen molar-refractivity contribution in [2.45, 2.75) is 24.5 Å². The molecule has 3 aromatic heterocycles. The van der Waals surface area contributed by atoms with Crippen molar-refractivity contribution in [1.29, 1.82) is 0 Å². The number of pyridine rings is 1. The molecule has 1 amide bonds. The van der Waals surface area contributed by atoms with Gasteiger partial charge in [-0.1, -0.05) is 17.8 Å². The molecule has 0 saturated carbocycles. The summed E-state index contributed by atoms with van der Waals surface area (Å²) in [4.78, 5) is 19.8. The Hall–Kier alpha value is -2.39. The van der Waals surface area contributed by atoms with E-state index in [9.17, 15) is 4.79 Å². The van der Waals surface area contributed by atoms with Crippen LogP contribution in [-0.2, 0) is 4.79 Å². The van der Waals surface area contributed by atoms with E-state index in [0.717, 1.165) is 23.8 Å². The van der Waals surface area contributed by atoms with Gasteiger partial charge in [0.25, 0.3) is 11.1 Å². The van der Waals surface area contributed by atoms with Crippen LogP contribution in [0, 0.1) is 0 Å². The van der Waals surface area contributed by atoms with E-state index in [1.54, 1.807) is 6.20 Å². The first kappa shape index (κ1) is 18.0. The van der Waals surface area contributed by atoms with E-state index in [1.165, 1.54) is 42.4 Å². The summed E-state index contributed by atoms with van der Waals surface area (Å²) in [5.74, 6) is 1.50. The van der Waals surface area contributed by atoms with Crippen LogP contribution < -0.4 is 10.2 Å². The second-order valence-corrected chi connectivity index (χ2v) is 8.01. The van der Waals surface area contributed by atoms with Crippen LogP contribution in [0.25, 0.3) is 10.8 Å². The number of carbonyl (C=O) groups is 1. The van der Waals surface area contributed by atoms with Crippen LogP contribution in [0.3, 0.4) is 0 Å². The maximum atomic E-state index is 12.1. The molecule has 1 fully saturated rings. The fourth-order valence-electron chi connectivity index (χ4n) is 2.86. The van der Waals surface area contributed by atoms with Gasteiger partial charge in [-0.2, -0.15) is 0 Å². The average molecular weight is 402 g/mol. The number of rotatable bonds is 6. The first-order chi connectivity index (χ1) is 13.3. The standard InChI is InChI=1S/C18H19N5O2S2/c24-16(12-27-18-22-21-17(25-18)14-5-4-10-26-14)20-13-6-7-15(19-11-13)23-8-2-1-3-9-23/h4-7,10-11H,1-3,8-9,12H2,(H,20,24). The molecule has 27 heavy (non-hydrogen) atoms. The second kappa shape index (κ2) is 8.53. The highest BCUT2D eigenvalue weighted by Crippen LogP contribution is 2.26. The summed E-state index contributed by atoms with van der Waals surface area (Å²) < 4.78 is 5.56. The van der Waals surface area contributed by atoms with Gasteiger partial charge in [0.1, 0.15) is 5.82 Å². The summed E-state index contributed by atoms with van der Waals surface area (Å²) in [5.41, 5.74) is 0.686. The quantitative estimate of drug-likeness (QED) is 0.627. The molecular weight excluding hydrogens is 382 g/mol. The van der Waals surface area contributed by atoms with Crippen LogP contribution in [0.15, 0.2) is 45.5 Å². The zero-order valence-corrected chi connectivity index (χ0v) is 16.3. The van der Waals surface area contributed by atoms with Crippen molar-refractivity contribution in [3.63, 3.8) is 0 Å². The first-order valence-electron chi connectivity index (χ1n) is 8.79. The molecule has 1 N–H and O–H groups in total. The Labute approximate surface area is 165 Å². The van der Waals surface area contributed by atoms with Gasteiger partial charge in [-0.3, -0.25) is 4.79 Å². The Morgan fingerprint density at radius 3 is 2.85 bits per heavy atom. The molecule has 9 heteroatoms. The van der Waals surface area contributed by atoms with Crippen molar-refractivity contribution in [1.82, 2.24) is 15.2 Å². The number of aromatic nitrogens is 3. The summed E-state index contributed by atoms with van der Waals surface area (Å²) in [7, 11) is 0. The Morgan fingerprint density at radius 2 is 2.11 bits per heavy atom. The summed E-state index contributed by atoms with van der Waals surface area (Å²) in [6.45, 7) is 2.10. The lowest BCUT2D eigenvalue weighted by Crippen LogP contribution is -2.30. The third kappa shape index (κ3) is 4.67. The van der Waals surface area contributed by atoms with Gasteiger partial charge in [-0.25, -0.2) is 4.98 Å². The number of anilines is 2. The topological polar surface area (TPSA) is 84.1 Å². The molecule has 0 aromatic carbocycles. The molecule has 3 aromatic rings. The molecule has 1 saturated heterocycles. The minimum Gasteiger partial charge on any atom is -0.410 e. The lowest BCUT2D eigenvalue weighted by molar-refractivity contribution is -0.113. The van der Waals surface area contributed by atoms with Crippen LogP contribution in [0.1, 0.15) is 19.3 Å². The molecule has 4 heterocycles. The average Bonchev–Trinajstić information content (AvgIpc) is 3.39. The number of hydrogen-bond donors (Lipinski definition) is 1. The van der Waals surface area contributed by atoms with Crippen molar-refractivity contribution >= 4 is 40.5 Å². The molecule has 0 aliphatic carbocycles. The summed E-state index contributed by atoms with van der Waals surface area (Å²) >= 11 is 2.75. The van der Waals surface area contributed by atoms with Crippen LogP contribution in [0.5, 0.6) is 0 Å². The predicted molar refractivity (Wildman–Crippen MR) is 107 cm³/mol. The van der Waals surface area contributed by atoms with Gasteiger partial charge >= 0.3 is 0 Å². The fourth-order valence-corrected chi connectivity index (χ4v) is 4.07. The van der Waals surface area contributed by atoms with Crippen LogP contribution in [-0.4, -0.2) is 39.9 Å². The molecule has 0 radical (unpaired) electrons. The third-order valence-corrected chi connectivity index (χ3v) is 5.85. The second-order valence-electron chi connectivity index (χ2n) is 6.14. The van der Waals surface area contributed by atoms with Gasteiger partial charge in [-0.05, 0) is 42.8 Å². The maximum Gasteiger partial charge on any atom is 0.277 e. The smallest absolute Gasteiger partial charge is 0.277 e. The lowest BCUT2D eigenvalue weighted by atomic mass is 10.1. The summed E-state index contributed by atoms with van der Waals surface area (Å²) in [6.07, 6.45) is 5.41. The van der Waals surface area contributed by atoms with Crippen LogP contribution in [0.4, 0.5) is 11.5 Å². The van der Waals surface area contributed by atoms with Gasteiger partial charge in [0.15, 0.2) is 0 Å². The van der Waals surface area contributed by atoms with Gasteiger partial charge in [0.05, 0.1) is 22.5 Å². The predicted octanol–water partition coefficient (Wildman–Crippen LogP) is 3.91. The van der Waals surface area contributed by atoms with Crippen LogP contribution in [0.2, 0.25) is 0 Å². The number of hydrogen-bond acceptors (Lipinski definition) is 8. The molecule has 0 spiro atoms. The van der Waals surface area contributed by atoms with E-state index in [4.69, 9.17) is 4.42 Å². The zero-order chi connectivity index (χ0) is 18.5. The van der Waals surface area contributed by atoms with E-state index in [0.29, 0.717) is 16.8 Å². The molecule has 140 valence electrons. The lowest BCUT2D eigenvalue weighted by Gasteiger charge is -2.27. The molecule has 1 aliphatic heterocycles. The van der Waals surface area contributed by atoms with E-state index in [2.05, 4.69) is 25.4 Å². The monoisotopic (exact) mass is 401 g/mol. The van der Waals surface area contributed by atoms with E-state index in [1.807, 2.05) is 29.6 Å². The van der Waals surface area contributed by atoms with Crippen molar-refractivity contribution in [3.8, 4) is 10.8 Å². The summed E-state index contributed by atoms with van der Waals surface area (Å²) in [5, 5.41) is 13.1. The number of thiophene rings is 1. The molecule has 0 unspecified atom stereocenters. The molecule has 7 nitrogen and oxygen atoms in total. The van der Waals surface area contributed by atoms with Crippen LogP contribution >= 0.6 is 23.1 Å². The highest BCUT2D eigenvalue weighted by atomic mass is 32.2. The minimum absolute atomic E-state index is 0.136. The van der Waals surface area contributed by atoms with Crippen molar-refractivity contribution in [2.24, 2.45) is 0 Å². The van der Waals surface area contributed by atoms with Crippen molar-refractivity contribution < 1.29 is 9.21 Å². The zero-order valence-electron chi connectivity index (χ0n) is 14.6. The molecule has 4 rings (SSSR count). The number of amides is 1. The number of carbonyl (C=O) groups excluding carboxylic acids is 1. The first-order valence-corrected chi connectivity index (χ1v) is 10.7. The largest absolute Gasteiger partial charge is 0.410 e. The van der Waals surface area contributed by atoms with Crippen molar-refractivity contribution in [2.75, 3.05) is 29.1 Å². The van der Waals surface area contributed by atoms with E-state index < -0.39 is 0 Å². The fraction of sp³-hybridized carbons (Fsp3) is 0.333. The Kier molecular flexibility index (Phi) is 5.69. The van der Waals surface area contributed by atoms with Gasteiger partial charge in [0.2, 0.25) is 5.91 Å². The van der Waals surface area contributed by atoms with E-state index in [-0.39, 0.29) is 11.7 Å². The summed E-state index contributed by atoms with van der Waals surface area (Å²) in [6, 6.07) is 7.69. The number of nitrogens with one attached hydrogen (secondary N) is 1.